The van der Waals surface area contributed by atoms with Crippen LogP contribution in [0.5, 0.6) is 0 Å². The zero-order valence-corrected chi connectivity index (χ0v) is 10.3. The van der Waals surface area contributed by atoms with Gasteiger partial charge in [0.05, 0.1) is 6.61 Å². The Hall–Kier alpha value is -0.0800. The molecular formula is C12H27NO. The summed E-state index contributed by atoms with van der Waals surface area (Å²) >= 11 is 0. The predicted octanol–water partition coefficient (Wildman–Crippen LogP) is 2.56. The summed E-state index contributed by atoms with van der Waals surface area (Å²) in [7, 11) is 0. The van der Waals surface area contributed by atoms with Crippen molar-refractivity contribution in [3.63, 3.8) is 0 Å². The lowest BCUT2D eigenvalue weighted by molar-refractivity contribution is 0.146. The first kappa shape index (κ1) is 13.9. The van der Waals surface area contributed by atoms with Crippen molar-refractivity contribution in [2.75, 3.05) is 13.2 Å². The molecule has 0 aliphatic heterocycles. The molecule has 0 rings (SSSR count). The summed E-state index contributed by atoms with van der Waals surface area (Å²) in [5, 5.41) is 12.9. The van der Waals surface area contributed by atoms with Crippen molar-refractivity contribution < 1.29 is 5.11 Å². The molecule has 0 radical (unpaired) electrons. The highest BCUT2D eigenvalue weighted by Crippen LogP contribution is 2.15. The van der Waals surface area contributed by atoms with Gasteiger partial charge in [0.25, 0.3) is 0 Å². The number of rotatable bonds is 8. The van der Waals surface area contributed by atoms with E-state index in [1.165, 1.54) is 12.8 Å². The molecule has 0 aromatic carbocycles. The Kier molecular flexibility index (Phi) is 7.20. The molecule has 0 spiro atoms. The molecular weight excluding hydrogens is 174 g/mol. The molecule has 0 amide bonds. The molecule has 0 aliphatic carbocycles. The molecule has 0 aliphatic rings. The lowest BCUT2D eigenvalue weighted by Crippen LogP contribution is -2.49. The Morgan fingerprint density at radius 2 is 1.79 bits per heavy atom. The Balaban J connectivity index is 3.92. The minimum atomic E-state index is -0.0397. The summed E-state index contributed by atoms with van der Waals surface area (Å²) in [6.45, 7) is 10.0. The highest BCUT2D eigenvalue weighted by Gasteiger charge is 2.24. The fourth-order valence-electron chi connectivity index (χ4n) is 1.77. The fraction of sp³-hybridized carbons (Fsp3) is 1.00. The van der Waals surface area contributed by atoms with Gasteiger partial charge in [0.2, 0.25) is 0 Å². The molecule has 2 N–H and O–H groups in total. The molecule has 14 heavy (non-hydrogen) atoms. The lowest BCUT2D eigenvalue weighted by Gasteiger charge is -2.32. The molecule has 0 saturated heterocycles. The van der Waals surface area contributed by atoms with E-state index < -0.39 is 0 Å². The van der Waals surface area contributed by atoms with E-state index in [2.05, 4.69) is 33.0 Å². The van der Waals surface area contributed by atoms with Crippen molar-refractivity contribution in [2.45, 2.75) is 58.9 Å². The largest absolute Gasteiger partial charge is 0.394 e. The van der Waals surface area contributed by atoms with Gasteiger partial charge in [0.15, 0.2) is 0 Å². The van der Waals surface area contributed by atoms with Crippen molar-refractivity contribution in [1.82, 2.24) is 5.32 Å². The van der Waals surface area contributed by atoms with Gasteiger partial charge in [-0.25, -0.2) is 0 Å². The van der Waals surface area contributed by atoms with E-state index in [1.54, 1.807) is 0 Å². The minimum absolute atomic E-state index is 0.0397. The second-order valence-corrected chi connectivity index (χ2v) is 4.42. The molecule has 0 aromatic heterocycles. The van der Waals surface area contributed by atoms with Crippen LogP contribution in [0.2, 0.25) is 0 Å². The van der Waals surface area contributed by atoms with E-state index in [1.807, 2.05) is 0 Å². The topological polar surface area (TPSA) is 32.3 Å². The zero-order valence-electron chi connectivity index (χ0n) is 10.3. The Morgan fingerprint density at radius 1 is 1.21 bits per heavy atom. The summed E-state index contributed by atoms with van der Waals surface area (Å²) in [6, 6.07) is 0. The van der Waals surface area contributed by atoms with E-state index in [9.17, 15) is 5.11 Å². The third-order valence-electron chi connectivity index (χ3n) is 3.26. The molecule has 0 saturated carbocycles. The van der Waals surface area contributed by atoms with E-state index in [4.69, 9.17) is 0 Å². The van der Waals surface area contributed by atoms with Crippen LogP contribution in [0.1, 0.15) is 53.4 Å². The number of hydrogen-bond acceptors (Lipinski definition) is 2. The molecule has 1 unspecified atom stereocenters. The smallest absolute Gasteiger partial charge is 0.0613 e. The maximum atomic E-state index is 9.36. The van der Waals surface area contributed by atoms with Crippen LogP contribution in [0.4, 0.5) is 0 Å². The molecule has 1 atom stereocenters. The molecule has 2 nitrogen and oxygen atoms in total. The zero-order chi connectivity index (χ0) is 11.0. The Bertz CT molecular complexity index is 124. The van der Waals surface area contributed by atoms with Gasteiger partial charge < -0.3 is 10.4 Å². The number of hydrogen-bond donors (Lipinski definition) is 2. The predicted molar refractivity (Wildman–Crippen MR) is 62.5 cm³/mol. The maximum absolute atomic E-state index is 9.36. The molecule has 2 heteroatoms. The highest BCUT2D eigenvalue weighted by molar-refractivity contribution is 4.84. The molecule has 0 fully saturated rings. The summed E-state index contributed by atoms with van der Waals surface area (Å²) < 4.78 is 0. The van der Waals surface area contributed by atoms with Gasteiger partial charge in [0, 0.05) is 5.54 Å². The van der Waals surface area contributed by atoms with E-state index in [0.29, 0.717) is 5.92 Å². The number of aliphatic hydroxyl groups is 1. The van der Waals surface area contributed by atoms with Gasteiger partial charge in [-0.3, -0.25) is 0 Å². The maximum Gasteiger partial charge on any atom is 0.0613 e. The minimum Gasteiger partial charge on any atom is -0.394 e. The first-order valence-corrected chi connectivity index (χ1v) is 6.00. The van der Waals surface area contributed by atoms with Crippen molar-refractivity contribution in [3.8, 4) is 0 Å². The van der Waals surface area contributed by atoms with Crippen LogP contribution < -0.4 is 5.32 Å². The van der Waals surface area contributed by atoms with Gasteiger partial charge >= 0.3 is 0 Å². The molecule has 86 valence electrons. The van der Waals surface area contributed by atoms with E-state index >= 15 is 0 Å². The average molecular weight is 201 g/mol. The highest BCUT2D eigenvalue weighted by atomic mass is 16.3. The van der Waals surface area contributed by atoms with Crippen LogP contribution in [0.3, 0.4) is 0 Å². The lowest BCUT2D eigenvalue weighted by atomic mass is 9.92. The summed E-state index contributed by atoms with van der Waals surface area (Å²) in [5.74, 6) is 0.712. The van der Waals surface area contributed by atoms with Gasteiger partial charge in [-0.1, -0.05) is 34.1 Å². The second kappa shape index (κ2) is 7.24. The Morgan fingerprint density at radius 3 is 2.14 bits per heavy atom. The van der Waals surface area contributed by atoms with Crippen LogP contribution in [0.25, 0.3) is 0 Å². The SMILES string of the molecule is CCCC(C)CNC(CC)(CC)CO. The van der Waals surface area contributed by atoms with Crippen molar-refractivity contribution >= 4 is 0 Å². The van der Waals surface area contributed by atoms with Gasteiger partial charge in [-0.05, 0) is 31.7 Å². The van der Waals surface area contributed by atoms with Crippen LogP contribution in [0.15, 0.2) is 0 Å². The Labute approximate surface area is 89.1 Å². The third kappa shape index (κ3) is 4.43. The third-order valence-corrected chi connectivity index (χ3v) is 3.26. The quantitative estimate of drug-likeness (QED) is 0.632. The first-order valence-electron chi connectivity index (χ1n) is 6.00. The van der Waals surface area contributed by atoms with Crippen LogP contribution in [0, 0.1) is 5.92 Å². The number of nitrogens with one attached hydrogen (secondary N) is 1. The van der Waals surface area contributed by atoms with E-state index in [-0.39, 0.29) is 12.1 Å². The second-order valence-electron chi connectivity index (χ2n) is 4.42. The summed E-state index contributed by atoms with van der Waals surface area (Å²) in [6.07, 6.45) is 4.51. The van der Waals surface area contributed by atoms with Crippen molar-refractivity contribution in [1.29, 1.82) is 0 Å². The van der Waals surface area contributed by atoms with E-state index in [0.717, 1.165) is 19.4 Å². The first-order chi connectivity index (χ1) is 6.64. The standard InChI is InChI=1S/C12H27NO/c1-5-8-11(4)9-13-12(6-2,7-3)10-14/h11,13-14H,5-10H2,1-4H3. The van der Waals surface area contributed by atoms with Gasteiger partial charge in [-0.15, -0.1) is 0 Å². The normalized spacial score (nSPS) is 14.4. The van der Waals surface area contributed by atoms with Crippen LogP contribution in [-0.2, 0) is 0 Å². The fourth-order valence-corrected chi connectivity index (χ4v) is 1.77. The monoisotopic (exact) mass is 201 g/mol. The van der Waals surface area contributed by atoms with Crippen LogP contribution >= 0.6 is 0 Å². The van der Waals surface area contributed by atoms with Crippen molar-refractivity contribution in [2.24, 2.45) is 5.92 Å². The number of aliphatic hydroxyl groups excluding tert-OH is 1. The van der Waals surface area contributed by atoms with Crippen LogP contribution in [-0.4, -0.2) is 23.8 Å². The summed E-state index contributed by atoms with van der Waals surface area (Å²) in [4.78, 5) is 0. The van der Waals surface area contributed by atoms with Gasteiger partial charge in [-0.2, -0.15) is 0 Å². The molecule has 0 heterocycles. The van der Waals surface area contributed by atoms with Crippen molar-refractivity contribution in [3.05, 3.63) is 0 Å². The molecule has 0 bridgehead atoms. The summed E-state index contributed by atoms with van der Waals surface area (Å²) in [5.41, 5.74) is -0.0397. The molecule has 0 aromatic rings. The average Bonchev–Trinajstić information content (AvgIpc) is 2.21. The van der Waals surface area contributed by atoms with Gasteiger partial charge in [0.1, 0.15) is 0 Å².